The van der Waals surface area contributed by atoms with E-state index in [1.165, 1.54) is 6.07 Å². The smallest absolute Gasteiger partial charge is 0.255 e. The summed E-state index contributed by atoms with van der Waals surface area (Å²) in [7, 11) is 1.70. The third kappa shape index (κ3) is 3.45. The molecule has 25 heavy (non-hydrogen) atoms. The molecule has 3 heterocycles. The Morgan fingerprint density at radius 2 is 1.96 bits per heavy atom. The fourth-order valence-electron chi connectivity index (χ4n) is 2.66. The first-order valence-corrected chi connectivity index (χ1v) is 8.04. The summed E-state index contributed by atoms with van der Waals surface area (Å²) in [6, 6.07) is 8.42. The highest BCUT2D eigenvalue weighted by Crippen LogP contribution is 2.21. The maximum absolute atomic E-state index is 12.7. The summed E-state index contributed by atoms with van der Waals surface area (Å²) in [5.41, 5.74) is 1.56. The average Bonchev–Trinajstić information content (AvgIpc) is 2.97. The van der Waals surface area contributed by atoms with Crippen LogP contribution in [0.1, 0.15) is 42.6 Å². The molecule has 0 atom stereocenters. The maximum Gasteiger partial charge on any atom is 0.255 e. The number of hydrogen-bond donors (Lipinski definition) is 1. The molecule has 0 aromatic carbocycles. The third-order valence-electron chi connectivity index (χ3n) is 3.90. The van der Waals surface area contributed by atoms with Crippen molar-refractivity contribution in [1.82, 2.24) is 24.5 Å². The van der Waals surface area contributed by atoms with Gasteiger partial charge in [-0.1, -0.05) is 26.8 Å². The first-order chi connectivity index (χ1) is 11.8. The van der Waals surface area contributed by atoms with Gasteiger partial charge in [0, 0.05) is 30.4 Å². The third-order valence-corrected chi connectivity index (χ3v) is 3.90. The van der Waals surface area contributed by atoms with E-state index in [9.17, 15) is 9.59 Å². The van der Waals surface area contributed by atoms with Crippen molar-refractivity contribution in [2.24, 2.45) is 0 Å². The molecule has 130 valence electrons. The number of fused-ring (bicyclic) bond motifs is 1. The first kappa shape index (κ1) is 16.9. The average molecular weight is 339 g/mol. The summed E-state index contributed by atoms with van der Waals surface area (Å²) >= 11 is 0. The van der Waals surface area contributed by atoms with Crippen LogP contribution in [0.5, 0.6) is 0 Å². The van der Waals surface area contributed by atoms with Crippen molar-refractivity contribution in [3.63, 3.8) is 0 Å². The lowest BCUT2D eigenvalue weighted by Crippen LogP contribution is -2.27. The molecule has 0 aliphatic heterocycles. The van der Waals surface area contributed by atoms with Gasteiger partial charge in [0.2, 0.25) is 5.56 Å². The van der Waals surface area contributed by atoms with Gasteiger partial charge in [-0.25, -0.2) is 0 Å². The molecule has 7 nitrogen and oxygen atoms in total. The number of carbonyl (C=O) groups is 1. The quantitative estimate of drug-likeness (QED) is 0.791. The molecule has 0 aliphatic rings. The number of hydrogen-bond acceptors (Lipinski definition) is 4. The number of pyridine rings is 2. The Morgan fingerprint density at radius 3 is 2.64 bits per heavy atom. The van der Waals surface area contributed by atoms with E-state index >= 15 is 0 Å². The van der Waals surface area contributed by atoms with Gasteiger partial charge in [0.25, 0.3) is 5.91 Å². The van der Waals surface area contributed by atoms with Gasteiger partial charge in [0.05, 0.1) is 12.1 Å². The van der Waals surface area contributed by atoms with Crippen molar-refractivity contribution in [2.75, 3.05) is 7.05 Å². The van der Waals surface area contributed by atoms with Crippen LogP contribution in [-0.2, 0) is 12.0 Å². The van der Waals surface area contributed by atoms with Crippen molar-refractivity contribution >= 4 is 11.6 Å². The Bertz CT molecular complexity index is 981. The minimum atomic E-state index is -0.184. The van der Waals surface area contributed by atoms with Gasteiger partial charge < -0.3 is 9.88 Å². The van der Waals surface area contributed by atoms with E-state index in [2.05, 4.69) is 36.0 Å². The van der Waals surface area contributed by atoms with Crippen LogP contribution in [0.3, 0.4) is 0 Å². The van der Waals surface area contributed by atoms with Crippen molar-refractivity contribution in [3.8, 4) is 0 Å². The van der Waals surface area contributed by atoms with Crippen molar-refractivity contribution in [1.29, 1.82) is 0 Å². The number of amides is 1. The zero-order valence-corrected chi connectivity index (χ0v) is 14.8. The molecule has 3 rings (SSSR count). The Hall–Kier alpha value is -2.96. The molecule has 0 unspecified atom stereocenters. The SMILES string of the molecule is CN(Cc1cccc(=O)[nH]1)C(=O)c1ccc2nnc(C(C)(C)C)n2c1. The predicted octanol–water partition coefficient (Wildman–Crippen LogP) is 1.99. The molecule has 1 amide bonds. The van der Waals surface area contributed by atoms with Crippen LogP contribution in [0.25, 0.3) is 5.65 Å². The summed E-state index contributed by atoms with van der Waals surface area (Å²) < 4.78 is 1.85. The van der Waals surface area contributed by atoms with Crippen LogP contribution in [0.4, 0.5) is 0 Å². The van der Waals surface area contributed by atoms with E-state index in [-0.39, 0.29) is 16.9 Å². The lowest BCUT2D eigenvalue weighted by atomic mass is 9.96. The second-order valence-electron chi connectivity index (χ2n) is 7.12. The molecule has 0 radical (unpaired) electrons. The summed E-state index contributed by atoms with van der Waals surface area (Å²) in [4.78, 5) is 28.4. The standard InChI is InChI=1S/C18H21N5O2/c1-18(2,3)17-21-20-14-9-8-12(10-23(14)17)16(25)22(4)11-13-6-5-7-15(24)19-13/h5-10H,11H2,1-4H3,(H,19,24). The van der Waals surface area contributed by atoms with Crippen LogP contribution in [0.2, 0.25) is 0 Å². The van der Waals surface area contributed by atoms with Crippen LogP contribution in [-0.4, -0.2) is 37.4 Å². The second-order valence-corrected chi connectivity index (χ2v) is 7.12. The fraction of sp³-hybridized carbons (Fsp3) is 0.333. The molecular formula is C18H21N5O2. The van der Waals surface area contributed by atoms with Gasteiger partial charge in [-0.05, 0) is 18.2 Å². The van der Waals surface area contributed by atoms with E-state index in [1.54, 1.807) is 42.4 Å². The van der Waals surface area contributed by atoms with E-state index in [1.807, 2.05) is 4.40 Å². The fourth-order valence-corrected chi connectivity index (χ4v) is 2.66. The van der Waals surface area contributed by atoms with Crippen molar-refractivity contribution in [2.45, 2.75) is 32.7 Å². The minimum Gasteiger partial charge on any atom is -0.336 e. The number of carbonyl (C=O) groups excluding carboxylic acids is 1. The van der Waals surface area contributed by atoms with Crippen molar-refractivity contribution in [3.05, 3.63) is 64.0 Å². The van der Waals surface area contributed by atoms with Gasteiger partial charge in [-0.3, -0.25) is 14.0 Å². The Morgan fingerprint density at radius 1 is 1.20 bits per heavy atom. The maximum atomic E-state index is 12.7. The molecular weight excluding hydrogens is 318 g/mol. The van der Waals surface area contributed by atoms with Gasteiger partial charge in [-0.2, -0.15) is 0 Å². The molecule has 0 saturated carbocycles. The number of aromatic amines is 1. The molecule has 3 aromatic heterocycles. The zero-order valence-electron chi connectivity index (χ0n) is 14.8. The predicted molar refractivity (Wildman–Crippen MR) is 94.5 cm³/mol. The monoisotopic (exact) mass is 339 g/mol. The highest BCUT2D eigenvalue weighted by molar-refractivity contribution is 5.94. The summed E-state index contributed by atoms with van der Waals surface area (Å²) in [6.45, 7) is 6.47. The van der Waals surface area contributed by atoms with Gasteiger partial charge in [0.1, 0.15) is 5.82 Å². The summed E-state index contributed by atoms with van der Waals surface area (Å²) in [6.07, 6.45) is 1.77. The number of nitrogens with zero attached hydrogens (tertiary/aromatic N) is 4. The van der Waals surface area contributed by atoms with Gasteiger partial charge in [-0.15, -0.1) is 10.2 Å². The van der Waals surface area contributed by atoms with E-state index in [0.29, 0.717) is 23.4 Å². The molecule has 0 spiro atoms. The zero-order chi connectivity index (χ0) is 18.2. The van der Waals surface area contributed by atoms with E-state index in [4.69, 9.17) is 0 Å². The normalized spacial score (nSPS) is 11.7. The molecule has 7 heteroatoms. The Labute approximate surface area is 145 Å². The number of nitrogens with one attached hydrogen (secondary N) is 1. The molecule has 0 aliphatic carbocycles. The van der Waals surface area contributed by atoms with Crippen LogP contribution in [0.15, 0.2) is 41.3 Å². The van der Waals surface area contributed by atoms with Crippen LogP contribution < -0.4 is 5.56 Å². The second kappa shape index (κ2) is 6.16. The largest absolute Gasteiger partial charge is 0.336 e. The topological polar surface area (TPSA) is 83.4 Å². The molecule has 3 aromatic rings. The lowest BCUT2D eigenvalue weighted by molar-refractivity contribution is 0.0782. The molecule has 0 fully saturated rings. The Kier molecular flexibility index (Phi) is 4.16. The van der Waals surface area contributed by atoms with Crippen molar-refractivity contribution < 1.29 is 4.79 Å². The highest BCUT2D eigenvalue weighted by Gasteiger charge is 2.22. The summed E-state index contributed by atoms with van der Waals surface area (Å²) in [5.74, 6) is 0.660. The molecule has 0 bridgehead atoms. The first-order valence-electron chi connectivity index (χ1n) is 8.04. The van der Waals surface area contributed by atoms with E-state index in [0.717, 1.165) is 5.82 Å². The van der Waals surface area contributed by atoms with Gasteiger partial charge >= 0.3 is 0 Å². The highest BCUT2D eigenvalue weighted by atomic mass is 16.2. The van der Waals surface area contributed by atoms with E-state index < -0.39 is 0 Å². The van der Waals surface area contributed by atoms with Crippen LogP contribution in [0, 0.1) is 0 Å². The number of rotatable bonds is 3. The Balaban J connectivity index is 1.90. The number of aromatic nitrogens is 4. The summed E-state index contributed by atoms with van der Waals surface area (Å²) in [5, 5.41) is 8.39. The van der Waals surface area contributed by atoms with Crippen LogP contribution >= 0.6 is 0 Å². The number of H-pyrrole nitrogens is 1. The van der Waals surface area contributed by atoms with Gasteiger partial charge in [0.15, 0.2) is 5.65 Å². The lowest BCUT2D eigenvalue weighted by Gasteiger charge is -2.18. The molecule has 1 N–H and O–H groups in total. The minimum absolute atomic E-state index is 0.139. The molecule has 0 saturated heterocycles.